The van der Waals surface area contributed by atoms with Gasteiger partial charge in [-0.1, -0.05) is 11.6 Å². The van der Waals surface area contributed by atoms with Crippen LogP contribution in [-0.4, -0.2) is 27.8 Å². The molecule has 1 heterocycles. The van der Waals surface area contributed by atoms with E-state index in [0.29, 0.717) is 23.9 Å². The zero-order chi connectivity index (χ0) is 13.2. The Morgan fingerprint density at radius 3 is 2.72 bits per heavy atom. The summed E-state index contributed by atoms with van der Waals surface area (Å²) in [5, 5.41) is 4.55. The van der Waals surface area contributed by atoms with Crippen molar-refractivity contribution in [1.29, 1.82) is 0 Å². The average molecular weight is 271 g/mol. The van der Waals surface area contributed by atoms with Crippen LogP contribution in [-0.2, 0) is 11.3 Å². The highest BCUT2D eigenvalue weighted by molar-refractivity contribution is 6.34. The molecule has 0 saturated heterocycles. The van der Waals surface area contributed by atoms with Gasteiger partial charge in [-0.15, -0.1) is 0 Å². The number of ketones is 1. The highest BCUT2D eigenvalue weighted by atomic mass is 35.5. The van der Waals surface area contributed by atoms with Crippen molar-refractivity contribution in [2.45, 2.75) is 51.7 Å². The highest BCUT2D eigenvalue weighted by Crippen LogP contribution is 2.37. The van der Waals surface area contributed by atoms with Gasteiger partial charge < -0.3 is 4.74 Å². The third-order valence-electron chi connectivity index (χ3n) is 3.56. The van der Waals surface area contributed by atoms with E-state index in [1.54, 1.807) is 4.68 Å². The second kappa shape index (κ2) is 5.41. The van der Waals surface area contributed by atoms with Gasteiger partial charge in [0.25, 0.3) is 0 Å². The van der Waals surface area contributed by atoms with E-state index in [0.717, 1.165) is 25.7 Å². The molecule has 0 radical (unpaired) electrons. The molecule has 1 aromatic heterocycles. The van der Waals surface area contributed by atoms with Gasteiger partial charge in [-0.2, -0.15) is 5.10 Å². The standard InChI is InChI=1S/C13H19ClN2O2/c1-3-16-11(10(14)9-15-16)12(17)13(18-4-2)7-5-6-8-13/h9H,3-8H2,1-2H3. The van der Waals surface area contributed by atoms with Crippen LogP contribution >= 0.6 is 11.6 Å². The molecule has 0 aliphatic heterocycles. The van der Waals surface area contributed by atoms with Gasteiger partial charge in [-0.3, -0.25) is 9.48 Å². The maximum atomic E-state index is 12.8. The van der Waals surface area contributed by atoms with Crippen molar-refractivity contribution in [2.24, 2.45) is 0 Å². The van der Waals surface area contributed by atoms with Gasteiger partial charge >= 0.3 is 0 Å². The van der Waals surface area contributed by atoms with Crippen molar-refractivity contribution in [3.05, 3.63) is 16.9 Å². The Bertz CT molecular complexity index is 436. The Morgan fingerprint density at radius 1 is 1.50 bits per heavy atom. The number of aryl methyl sites for hydroxylation is 1. The summed E-state index contributed by atoms with van der Waals surface area (Å²) < 4.78 is 7.44. The number of aromatic nitrogens is 2. The third kappa shape index (κ3) is 2.19. The topological polar surface area (TPSA) is 44.1 Å². The van der Waals surface area contributed by atoms with Crippen molar-refractivity contribution >= 4 is 17.4 Å². The summed E-state index contributed by atoms with van der Waals surface area (Å²) in [5.74, 6) is -0.00815. The third-order valence-corrected chi connectivity index (χ3v) is 3.83. The predicted octanol–water partition coefficient (Wildman–Crippen LogP) is 3.09. The van der Waals surface area contributed by atoms with Gasteiger partial charge in [-0.05, 0) is 39.5 Å². The molecule has 1 saturated carbocycles. The Balaban J connectivity index is 2.36. The van der Waals surface area contributed by atoms with E-state index in [1.165, 1.54) is 6.20 Å². The minimum Gasteiger partial charge on any atom is -0.367 e. The van der Waals surface area contributed by atoms with Crippen LogP contribution < -0.4 is 0 Å². The van der Waals surface area contributed by atoms with E-state index in [1.807, 2.05) is 13.8 Å². The summed E-state index contributed by atoms with van der Waals surface area (Å²) >= 11 is 6.10. The number of hydrogen-bond donors (Lipinski definition) is 0. The molecule has 2 rings (SSSR count). The largest absolute Gasteiger partial charge is 0.367 e. The van der Waals surface area contributed by atoms with Crippen molar-refractivity contribution < 1.29 is 9.53 Å². The second-order valence-corrected chi connectivity index (χ2v) is 5.03. The SMILES string of the molecule is CCOC1(C(=O)c2c(Cl)cnn2CC)CCCC1. The van der Waals surface area contributed by atoms with Gasteiger partial charge in [0.1, 0.15) is 11.3 Å². The molecular formula is C13H19ClN2O2. The molecule has 0 unspecified atom stereocenters. The first-order valence-electron chi connectivity index (χ1n) is 6.54. The Kier molecular flexibility index (Phi) is 4.07. The fourth-order valence-corrected chi connectivity index (χ4v) is 2.93. The fourth-order valence-electron chi connectivity index (χ4n) is 2.70. The van der Waals surface area contributed by atoms with Crippen LogP contribution in [0.4, 0.5) is 0 Å². The van der Waals surface area contributed by atoms with Crippen LogP contribution in [0.15, 0.2) is 6.20 Å². The maximum absolute atomic E-state index is 12.8. The smallest absolute Gasteiger partial charge is 0.214 e. The molecular weight excluding hydrogens is 252 g/mol. The molecule has 0 bridgehead atoms. The van der Waals surface area contributed by atoms with E-state index in [2.05, 4.69) is 5.10 Å². The van der Waals surface area contributed by atoms with E-state index in [-0.39, 0.29) is 5.78 Å². The van der Waals surface area contributed by atoms with Crippen molar-refractivity contribution in [2.75, 3.05) is 6.61 Å². The van der Waals surface area contributed by atoms with E-state index in [4.69, 9.17) is 16.3 Å². The highest BCUT2D eigenvalue weighted by Gasteiger charge is 2.44. The molecule has 1 fully saturated rings. The van der Waals surface area contributed by atoms with Gasteiger partial charge in [0, 0.05) is 13.2 Å². The average Bonchev–Trinajstić information content (AvgIpc) is 2.96. The number of rotatable bonds is 5. The maximum Gasteiger partial charge on any atom is 0.214 e. The number of hydrogen-bond acceptors (Lipinski definition) is 3. The Morgan fingerprint density at radius 2 is 2.17 bits per heavy atom. The lowest BCUT2D eigenvalue weighted by Gasteiger charge is -2.27. The molecule has 1 aliphatic carbocycles. The minimum atomic E-state index is -0.675. The molecule has 0 spiro atoms. The lowest BCUT2D eigenvalue weighted by atomic mass is 9.93. The van der Waals surface area contributed by atoms with Gasteiger partial charge in [0.15, 0.2) is 0 Å². The lowest BCUT2D eigenvalue weighted by molar-refractivity contribution is -0.0170. The van der Waals surface area contributed by atoms with Gasteiger partial charge in [0.05, 0.1) is 11.2 Å². The quantitative estimate of drug-likeness (QED) is 0.773. The van der Waals surface area contributed by atoms with Crippen molar-refractivity contribution in [3.63, 3.8) is 0 Å². The summed E-state index contributed by atoms with van der Waals surface area (Å²) in [6, 6.07) is 0. The van der Waals surface area contributed by atoms with Crippen LogP contribution in [0.2, 0.25) is 5.02 Å². The summed E-state index contributed by atoms with van der Waals surface area (Å²) in [5.41, 5.74) is -0.180. The van der Waals surface area contributed by atoms with Crippen molar-refractivity contribution in [3.8, 4) is 0 Å². The molecule has 1 aromatic rings. The first-order chi connectivity index (χ1) is 8.64. The normalized spacial score (nSPS) is 18.2. The van der Waals surface area contributed by atoms with Crippen LogP contribution in [0.5, 0.6) is 0 Å². The molecule has 1 aliphatic rings. The molecule has 4 nitrogen and oxygen atoms in total. The van der Waals surface area contributed by atoms with Crippen LogP contribution in [0.3, 0.4) is 0 Å². The molecule has 0 N–H and O–H groups in total. The molecule has 0 amide bonds. The van der Waals surface area contributed by atoms with Gasteiger partial charge in [0.2, 0.25) is 5.78 Å². The number of ether oxygens (including phenoxy) is 1. The molecule has 100 valence electrons. The Hall–Kier alpha value is -0.870. The van der Waals surface area contributed by atoms with E-state index < -0.39 is 5.60 Å². The number of halogens is 1. The monoisotopic (exact) mass is 270 g/mol. The number of carbonyl (C=O) groups excluding carboxylic acids is 1. The molecule has 18 heavy (non-hydrogen) atoms. The second-order valence-electron chi connectivity index (χ2n) is 4.62. The summed E-state index contributed by atoms with van der Waals surface area (Å²) in [6.45, 7) is 5.05. The zero-order valence-corrected chi connectivity index (χ0v) is 11.7. The fraction of sp³-hybridized carbons (Fsp3) is 0.692. The first-order valence-corrected chi connectivity index (χ1v) is 6.92. The van der Waals surface area contributed by atoms with Crippen LogP contribution in [0, 0.1) is 0 Å². The van der Waals surface area contributed by atoms with E-state index >= 15 is 0 Å². The minimum absolute atomic E-state index is 0.00815. The van der Waals surface area contributed by atoms with Crippen LogP contribution in [0.1, 0.15) is 50.0 Å². The van der Waals surface area contributed by atoms with Crippen molar-refractivity contribution in [1.82, 2.24) is 9.78 Å². The van der Waals surface area contributed by atoms with E-state index in [9.17, 15) is 4.79 Å². The molecule has 0 aromatic carbocycles. The number of carbonyl (C=O) groups is 1. The Labute approximate surface area is 112 Å². The van der Waals surface area contributed by atoms with Gasteiger partial charge in [-0.25, -0.2) is 0 Å². The molecule has 5 heteroatoms. The summed E-state index contributed by atoms with van der Waals surface area (Å²) in [7, 11) is 0. The number of Topliss-reactive ketones (excluding diaryl/α,β-unsaturated/α-hetero) is 1. The molecule has 0 atom stereocenters. The van der Waals surface area contributed by atoms with Crippen LogP contribution in [0.25, 0.3) is 0 Å². The summed E-state index contributed by atoms with van der Waals surface area (Å²) in [4.78, 5) is 12.8. The number of nitrogens with zero attached hydrogens (tertiary/aromatic N) is 2. The zero-order valence-electron chi connectivity index (χ0n) is 10.9. The lowest BCUT2D eigenvalue weighted by Crippen LogP contribution is -2.40. The predicted molar refractivity (Wildman–Crippen MR) is 70.1 cm³/mol. The summed E-state index contributed by atoms with van der Waals surface area (Å²) in [6.07, 6.45) is 5.16. The first kappa shape index (κ1) is 13.6.